The number of rotatable bonds is 4. The molecule has 3 heterocycles. The van der Waals surface area contributed by atoms with Gasteiger partial charge < -0.3 is 0 Å². The molecule has 8 heteroatoms. The maximum absolute atomic E-state index is 12.1. The van der Waals surface area contributed by atoms with Crippen LogP contribution >= 0.6 is 0 Å². The molecule has 0 aliphatic heterocycles. The lowest BCUT2D eigenvalue weighted by Crippen LogP contribution is -2.29. The third-order valence-corrected chi connectivity index (χ3v) is 3.60. The molecule has 1 amide bonds. The molecule has 25 heavy (non-hydrogen) atoms. The van der Waals surface area contributed by atoms with Crippen LogP contribution in [-0.2, 0) is 0 Å². The molecule has 0 aliphatic rings. The van der Waals surface area contributed by atoms with Crippen molar-refractivity contribution in [1.29, 1.82) is 0 Å². The molecule has 0 saturated carbocycles. The van der Waals surface area contributed by atoms with Crippen LogP contribution in [0.4, 0.5) is 5.82 Å². The van der Waals surface area contributed by atoms with Gasteiger partial charge in [-0.15, -0.1) is 0 Å². The molecule has 0 aliphatic carbocycles. The Morgan fingerprint density at radius 3 is 2.60 bits per heavy atom. The zero-order valence-corrected chi connectivity index (χ0v) is 13.0. The number of aromatic nitrogens is 5. The molecule has 0 radical (unpaired) electrons. The van der Waals surface area contributed by atoms with Crippen LogP contribution in [0.15, 0.2) is 67.4 Å². The average Bonchev–Trinajstić information content (AvgIpc) is 3.12. The molecule has 0 saturated heterocycles. The Labute approximate surface area is 142 Å². The Bertz CT molecular complexity index is 1020. The van der Waals surface area contributed by atoms with Gasteiger partial charge in [-0.1, -0.05) is 18.2 Å². The fourth-order valence-corrected chi connectivity index (χ4v) is 2.39. The summed E-state index contributed by atoms with van der Waals surface area (Å²) in [5, 5.41) is 5.06. The third kappa shape index (κ3) is 2.88. The second-order valence-electron chi connectivity index (χ2n) is 5.17. The van der Waals surface area contributed by atoms with Crippen molar-refractivity contribution in [3.63, 3.8) is 0 Å². The molecule has 0 fully saturated rings. The highest BCUT2D eigenvalue weighted by molar-refractivity contribution is 5.95. The quantitative estimate of drug-likeness (QED) is 0.555. The fraction of sp³-hybridized carbons (Fsp3) is 0. The number of hydrogen-bond acceptors (Lipinski definition) is 6. The van der Waals surface area contributed by atoms with Gasteiger partial charge in [0.05, 0.1) is 17.3 Å². The molecule has 2 N–H and O–H groups in total. The van der Waals surface area contributed by atoms with Gasteiger partial charge in [-0.2, -0.15) is 5.10 Å². The first-order chi connectivity index (χ1) is 12.3. The second kappa shape index (κ2) is 6.36. The first-order valence-electron chi connectivity index (χ1n) is 7.53. The molecule has 4 aromatic rings. The third-order valence-electron chi connectivity index (χ3n) is 3.60. The number of nitrogens with one attached hydrogen (secondary N) is 2. The molecular formula is C17H13N7O. The van der Waals surface area contributed by atoms with Gasteiger partial charge in [0, 0.05) is 18.0 Å². The minimum absolute atomic E-state index is 0.287. The highest BCUT2D eigenvalue weighted by Gasteiger charge is 2.12. The smallest absolute Gasteiger partial charge is 0.269 e. The first kappa shape index (κ1) is 14.8. The van der Waals surface area contributed by atoms with Crippen molar-refractivity contribution in [2.24, 2.45) is 0 Å². The predicted molar refractivity (Wildman–Crippen MR) is 92.0 cm³/mol. The van der Waals surface area contributed by atoms with Gasteiger partial charge >= 0.3 is 0 Å². The van der Waals surface area contributed by atoms with Crippen molar-refractivity contribution >= 4 is 22.8 Å². The van der Waals surface area contributed by atoms with Crippen LogP contribution in [0.1, 0.15) is 10.4 Å². The number of benzene rings is 1. The van der Waals surface area contributed by atoms with Crippen LogP contribution in [0.3, 0.4) is 0 Å². The van der Waals surface area contributed by atoms with E-state index < -0.39 is 0 Å². The number of carbonyl (C=O) groups is 1. The van der Waals surface area contributed by atoms with E-state index in [1.54, 1.807) is 35.4 Å². The van der Waals surface area contributed by atoms with Crippen molar-refractivity contribution in [3.05, 3.63) is 72.9 Å². The maximum atomic E-state index is 12.1. The number of pyridine rings is 1. The fourth-order valence-electron chi connectivity index (χ4n) is 2.39. The van der Waals surface area contributed by atoms with E-state index in [0.29, 0.717) is 22.4 Å². The van der Waals surface area contributed by atoms with E-state index in [2.05, 4.69) is 30.9 Å². The van der Waals surface area contributed by atoms with Gasteiger partial charge in [-0.25, -0.2) is 14.6 Å². The van der Waals surface area contributed by atoms with E-state index in [1.165, 1.54) is 6.33 Å². The number of fused-ring (bicyclic) bond motifs is 1. The van der Waals surface area contributed by atoms with Crippen LogP contribution in [0.2, 0.25) is 0 Å². The van der Waals surface area contributed by atoms with Crippen molar-refractivity contribution in [2.75, 3.05) is 5.43 Å². The number of hydrazine groups is 1. The van der Waals surface area contributed by atoms with Crippen LogP contribution < -0.4 is 10.9 Å². The molecular weight excluding hydrogens is 318 g/mol. The van der Waals surface area contributed by atoms with E-state index in [1.807, 2.05) is 30.3 Å². The maximum Gasteiger partial charge on any atom is 0.269 e. The lowest BCUT2D eigenvalue weighted by Gasteiger charge is -2.08. The Balaban J connectivity index is 1.61. The van der Waals surface area contributed by atoms with Crippen molar-refractivity contribution in [1.82, 2.24) is 30.2 Å². The molecule has 0 spiro atoms. The van der Waals surface area contributed by atoms with E-state index in [-0.39, 0.29) is 5.91 Å². The molecule has 0 atom stereocenters. The summed E-state index contributed by atoms with van der Waals surface area (Å²) in [6, 6.07) is 12.9. The van der Waals surface area contributed by atoms with Crippen molar-refractivity contribution in [2.45, 2.75) is 0 Å². The normalized spacial score (nSPS) is 10.6. The number of hydrogen-bond donors (Lipinski definition) is 2. The van der Waals surface area contributed by atoms with Gasteiger partial charge in [0.25, 0.3) is 5.91 Å². The Kier molecular flexibility index (Phi) is 3.76. The number of carbonyl (C=O) groups excluding carboxylic acids is 1. The molecule has 3 aromatic heterocycles. The highest BCUT2D eigenvalue weighted by atomic mass is 16.2. The minimum Gasteiger partial charge on any atom is -0.281 e. The van der Waals surface area contributed by atoms with Gasteiger partial charge in [0.2, 0.25) is 0 Å². The summed E-state index contributed by atoms with van der Waals surface area (Å²) in [7, 11) is 0. The summed E-state index contributed by atoms with van der Waals surface area (Å²) in [5.74, 6) is 0.180. The van der Waals surface area contributed by atoms with E-state index >= 15 is 0 Å². The standard InChI is InChI=1S/C17H13N7O/c25-17(12-6-8-18-9-7-12)23-22-15-14-10-21-24(16(14)20-11-19-15)13-4-2-1-3-5-13/h1-11H,(H,23,25)(H,19,20,22). The van der Waals surface area contributed by atoms with Crippen LogP contribution in [0.25, 0.3) is 16.7 Å². The van der Waals surface area contributed by atoms with Crippen LogP contribution in [0, 0.1) is 0 Å². The monoisotopic (exact) mass is 331 g/mol. The van der Waals surface area contributed by atoms with E-state index in [4.69, 9.17) is 0 Å². The van der Waals surface area contributed by atoms with Gasteiger partial charge in [0.1, 0.15) is 6.33 Å². The van der Waals surface area contributed by atoms with Crippen molar-refractivity contribution < 1.29 is 4.79 Å². The molecule has 0 bridgehead atoms. The predicted octanol–water partition coefficient (Wildman–Crippen LogP) is 1.97. The average molecular weight is 331 g/mol. The molecule has 122 valence electrons. The first-order valence-corrected chi connectivity index (χ1v) is 7.53. The zero-order valence-electron chi connectivity index (χ0n) is 13.0. The summed E-state index contributed by atoms with van der Waals surface area (Å²) >= 11 is 0. The van der Waals surface area contributed by atoms with Gasteiger partial charge in [-0.3, -0.25) is 20.6 Å². The molecule has 8 nitrogen and oxygen atoms in total. The Morgan fingerprint density at radius 2 is 1.80 bits per heavy atom. The number of para-hydroxylation sites is 1. The lowest BCUT2D eigenvalue weighted by molar-refractivity contribution is 0.0962. The molecule has 1 aromatic carbocycles. The highest BCUT2D eigenvalue weighted by Crippen LogP contribution is 2.20. The SMILES string of the molecule is O=C(NNc1ncnc2c1cnn2-c1ccccc1)c1ccncc1. The van der Waals surface area contributed by atoms with E-state index in [0.717, 1.165) is 5.69 Å². The summed E-state index contributed by atoms with van der Waals surface area (Å²) in [5.41, 5.74) is 7.46. The zero-order chi connectivity index (χ0) is 17.1. The summed E-state index contributed by atoms with van der Waals surface area (Å²) in [6.07, 6.45) is 6.19. The minimum atomic E-state index is -0.287. The number of anilines is 1. The second-order valence-corrected chi connectivity index (χ2v) is 5.17. The van der Waals surface area contributed by atoms with Gasteiger partial charge in [0.15, 0.2) is 11.5 Å². The number of nitrogens with zero attached hydrogens (tertiary/aromatic N) is 5. The molecule has 4 rings (SSSR count). The van der Waals surface area contributed by atoms with Crippen molar-refractivity contribution in [3.8, 4) is 5.69 Å². The largest absolute Gasteiger partial charge is 0.281 e. The lowest BCUT2D eigenvalue weighted by atomic mass is 10.3. The topological polar surface area (TPSA) is 97.6 Å². The Morgan fingerprint density at radius 1 is 1.00 bits per heavy atom. The van der Waals surface area contributed by atoms with Crippen LogP contribution in [0.5, 0.6) is 0 Å². The summed E-state index contributed by atoms with van der Waals surface area (Å²) in [4.78, 5) is 24.5. The summed E-state index contributed by atoms with van der Waals surface area (Å²) < 4.78 is 1.72. The van der Waals surface area contributed by atoms with Crippen LogP contribution in [-0.4, -0.2) is 30.6 Å². The van der Waals surface area contributed by atoms with E-state index in [9.17, 15) is 4.79 Å². The van der Waals surface area contributed by atoms with Gasteiger partial charge in [-0.05, 0) is 24.3 Å². The Hall–Kier alpha value is -3.81. The number of amides is 1. The summed E-state index contributed by atoms with van der Waals surface area (Å²) in [6.45, 7) is 0. The molecule has 0 unspecified atom stereocenters.